The molecule has 3 aromatic carbocycles. The summed E-state index contributed by atoms with van der Waals surface area (Å²) in [6, 6.07) is 26.6. The van der Waals surface area contributed by atoms with Gasteiger partial charge in [-0.3, -0.25) is 0 Å². The number of aryl methyl sites for hydroxylation is 2. The molecule has 0 aliphatic carbocycles. The molecule has 0 aliphatic rings. The second-order valence-corrected chi connectivity index (χ2v) is 6.64. The number of hydrogen-bond acceptors (Lipinski definition) is 3. The molecular weight excluding hydrogens is 422 g/mol. The molecule has 2 nitrogen and oxygen atoms in total. The highest BCUT2D eigenvalue weighted by Gasteiger charge is 1.94. The van der Waals surface area contributed by atoms with Crippen LogP contribution in [0.15, 0.2) is 96.4 Å². The Balaban J connectivity index is -0.000000428. The van der Waals surface area contributed by atoms with E-state index in [4.69, 9.17) is 4.74 Å². The average Bonchev–Trinajstić information content (AvgIpc) is 2.89. The molecule has 0 saturated heterocycles. The molecule has 0 amide bonds. The molecule has 0 spiro atoms. The Hall–Kier alpha value is -2.65. The summed E-state index contributed by atoms with van der Waals surface area (Å²) in [6.45, 7) is 21.4. The molecule has 0 fully saturated rings. The summed E-state index contributed by atoms with van der Waals surface area (Å²) in [5.41, 5.74) is 3.60. The second kappa shape index (κ2) is 27.4. The lowest BCUT2D eigenvalue weighted by Crippen LogP contribution is -1.85. The number of anilines is 1. The van der Waals surface area contributed by atoms with E-state index in [2.05, 4.69) is 54.6 Å². The number of methoxy groups -OCH3 is 1. The first-order chi connectivity index (χ1) is 16.1. The van der Waals surface area contributed by atoms with Crippen molar-refractivity contribution in [3.05, 3.63) is 103 Å². The molecule has 0 unspecified atom stereocenters. The fourth-order valence-corrected chi connectivity index (χ4v) is 2.66. The van der Waals surface area contributed by atoms with Crippen LogP contribution < -0.4 is 9.46 Å². The third-order valence-corrected chi connectivity index (χ3v) is 4.24. The Labute approximate surface area is 209 Å². The molecule has 0 aromatic heterocycles. The quantitative estimate of drug-likeness (QED) is 0.303. The molecule has 3 rings (SSSR count). The number of benzene rings is 3. The first-order valence-electron chi connectivity index (χ1n) is 11.8. The van der Waals surface area contributed by atoms with Crippen molar-refractivity contribution in [2.75, 3.05) is 11.8 Å². The second-order valence-electron chi connectivity index (χ2n) is 5.76. The van der Waals surface area contributed by atoms with Crippen LogP contribution in [0.3, 0.4) is 0 Å². The van der Waals surface area contributed by atoms with Crippen molar-refractivity contribution < 1.29 is 4.74 Å². The number of para-hydroxylation sites is 2. The van der Waals surface area contributed by atoms with Gasteiger partial charge in [0.15, 0.2) is 0 Å². The maximum absolute atomic E-state index is 5.04. The van der Waals surface area contributed by atoms with Gasteiger partial charge in [-0.25, -0.2) is 0 Å². The van der Waals surface area contributed by atoms with E-state index in [1.54, 1.807) is 25.1 Å². The summed E-state index contributed by atoms with van der Waals surface area (Å²) in [6.07, 6.45) is 1.75. The Morgan fingerprint density at radius 3 is 1.61 bits per heavy atom. The third-order valence-electron chi connectivity index (χ3n) is 3.40. The molecule has 0 atom stereocenters. The molecule has 3 heteroatoms. The highest BCUT2D eigenvalue weighted by Crippen LogP contribution is 2.20. The topological polar surface area (TPSA) is 21.3 Å². The Morgan fingerprint density at radius 2 is 1.18 bits per heavy atom. The highest BCUT2D eigenvalue weighted by molar-refractivity contribution is 8.00. The summed E-state index contributed by atoms with van der Waals surface area (Å²) < 4.78 is 8.34. The summed E-state index contributed by atoms with van der Waals surface area (Å²) in [4.78, 5) is 1.23. The van der Waals surface area contributed by atoms with Crippen LogP contribution in [0, 0.1) is 13.8 Å². The maximum atomic E-state index is 5.04. The van der Waals surface area contributed by atoms with Crippen molar-refractivity contribution in [2.24, 2.45) is 0 Å². The lowest BCUT2D eigenvalue weighted by molar-refractivity contribution is 0.411. The number of rotatable bonds is 4. The zero-order chi connectivity index (χ0) is 25.9. The molecule has 184 valence electrons. The van der Waals surface area contributed by atoms with E-state index < -0.39 is 0 Å². The predicted octanol–water partition coefficient (Wildman–Crippen LogP) is 10.4. The lowest BCUT2D eigenvalue weighted by Gasteiger charge is -2.04. The van der Waals surface area contributed by atoms with Crippen LogP contribution in [-0.2, 0) is 0 Å². The van der Waals surface area contributed by atoms with Crippen molar-refractivity contribution in [3.8, 4) is 5.75 Å². The van der Waals surface area contributed by atoms with Gasteiger partial charge < -0.3 is 9.46 Å². The van der Waals surface area contributed by atoms with E-state index in [1.165, 1.54) is 16.0 Å². The maximum Gasteiger partial charge on any atom is 0.121 e. The van der Waals surface area contributed by atoms with Crippen LogP contribution >= 0.6 is 11.9 Å². The lowest BCUT2D eigenvalue weighted by atomic mass is 10.2. The van der Waals surface area contributed by atoms with Crippen molar-refractivity contribution >= 4 is 17.6 Å². The van der Waals surface area contributed by atoms with Crippen LogP contribution in [0.5, 0.6) is 5.75 Å². The van der Waals surface area contributed by atoms with E-state index in [0.29, 0.717) is 0 Å². The van der Waals surface area contributed by atoms with Gasteiger partial charge in [-0.15, -0.1) is 6.58 Å². The molecule has 33 heavy (non-hydrogen) atoms. The highest BCUT2D eigenvalue weighted by atomic mass is 32.2. The van der Waals surface area contributed by atoms with Crippen LogP contribution in [0.25, 0.3) is 0 Å². The van der Waals surface area contributed by atoms with E-state index >= 15 is 0 Å². The average molecular weight is 470 g/mol. The summed E-state index contributed by atoms with van der Waals surface area (Å²) in [5.74, 6) is 0.956. The normalized spacial score (nSPS) is 7.94. The van der Waals surface area contributed by atoms with Gasteiger partial charge in [0.1, 0.15) is 5.75 Å². The minimum atomic E-state index is 0.956. The summed E-state index contributed by atoms with van der Waals surface area (Å²) in [5, 5.41) is 0. The zero-order valence-corrected chi connectivity index (χ0v) is 23.4. The standard InChI is InChI=1S/C13H13NS.C8H10O.C3H6.3C2H6/c1-11-7-9-13(10-8-11)15-14-12-5-3-2-4-6-12;1-7-5-3-4-6-8(7)9-2;1-3-2;3*1-2/h2-10,14H,1H3;3-6H,1-2H3;3H,1H2,2H3;3*1-2H3. The smallest absolute Gasteiger partial charge is 0.121 e. The van der Waals surface area contributed by atoms with Gasteiger partial charge in [-0.1, -0.05) is 102 Å². The third kappa shape index (κ3) is 19.7. The van der Waals surface area contributed by atoms with Crippen LogP contribution in [0.1, 0.15) is 59.6 Å². The van der Waals surface area contributed by atoms with Gasteiger partial charge in [0.2, 0.25) is 0 Å². The number of hydrogen-bond donors (Lipinski definition) is 1. The van der Waals surface area contributed by atoms with Crippen molar-refractivity contribution in [1.29, 1.82) is 0 Å². The van der Waals surface area contributed by atoms with Crippen LogP contribution in [0.2, 0.25) is 0 Å². The fourth-order valence-electron chi connectivity index (χ4n) is 2.02. The number of allylic oxidation sites excluding steroid dienone is 1. The van der Waals surface area contributed by atoms with E-state index in [0.717, 1.165) is 11.4 Å². The van der Waals surface area contributed by atoms with Crippen molar-refractivity contribution in [1.82, 2.24) is 0 Å². The largest absolute Gasteiger partial charge is 0.496 e. The van der Waals surface area contributed by atoms with Gasteiger partial charge in [-0.2, -0.15) is 0 Å². The van der Waals surface area contributed by atoms with E-state index in [9.17, 15) is 0 Å². The predicted molar refractivity (Wildman–Crippen MR) is 155 cm³/mol. The molecule has 0 aliphatic heterocycles. The molecular formula is C30H47NOS. The van der Waals surface area contributed by atoms with E-state index in [1.807, 2.05) is 97.9 Å². The summed E-state index contributed by atoms with van der Waals surface area (Å²) in [7, 11) is 1.68. The molecule has 0 saturated carbocycles. The van der Waals surface area contributed by atoms with Gasteiger partial charge in [-0.05, 0) is 68.6 Å². The molecule has 3 aromatic rings. The van der Waals surface area contributed by atoms with Gasteiger partial charge in [0, 0.05) is 10.6 Å². The Morgan fingerprint density at radius 1 is 0.727 bits per heavy atom. The molecule has 0 heterocycles. The monoisotopic (exact) mass is 469 g/mol. The number of nitrogens with one attached hydrogen (secondary N) is 1. The van der Waals surface area contributed by atoms with Crippen molar-refractivity contribution in [3.63, 3.8) is 0 Å². The van der Waals surface area contributed by atoms with Crippen molar-refractivity contribution in [2.45, 2.75) is 67.2 Å². The number of ether oxygens (including phenoxy) is 1. The first-order valence-corrected chi connectivity index (χ1v) is 12.6. The van der Waals surface area contributed by atoms with Crippen LogP contribution in [0.4, 0.5) is 5.69 Å². The molecule has 1 N–H and O–H groups in total. The SMILES string of the molecule is C=CC.CC.CC.CC.COc1ccccc1C.Cc1ccc(SNc2ccccc2)cc1. The Bertz CT molecular complexity index is 771. The summed E-state index contributed by atoms with van der Waals surface area (Å²) >= 11 is 1.63. The van der Waals surface area contributed by atoms with Gasteiger partial charge >= 0.3 is 0 Å². The van der Waals surface area contributed by atoms with E-state index in [-0.39, 0.29) is 0 Å². The molecule has 0 radical (unpaired) electrons. The first kappa shape index (κ1) is 35.0. The van der Waals surface area contributed by atoms with Gasteiger partial charge in [0.25, 0.3) is 0 Å². The zero-order valence-electron chi connectivity index (χ0n) is 22.6. The Kier molecular flexibility index (Phi) is 29.0. The minimum absolute atomic E-state index is 0.956. The fraction of sp³-hybridized carbons (Fsp3) is 0.333. The minimum Gasteiger partial charge on any atom is -0.496 e. The van der Waals surface area contributed by atoms with Crippen LogP contribution in [-0.4, -0.2) is 7.11 Å². The molecule has 0 bridgehead atoms. The van der Waals surface area contributed by atoms with Gasteiger partial charge in [0.05, 0.1) is 7.11 Å².